The quantitative estimate of drug-likeness (QED) is 0.630. The van der Waals surface area contributed by atoms with Gasteiger partial charge in [-0.3, -0.25) is 4.79 Å². The molecule has 0 radical (unpaired) electrons. The van der Waals surface area contributed by atoms with Gasteiger partial charge in [0.2, 0.25) is 5.91 Å². The molecule has 17 heavy (non-hydrogen) atoms. The van der Waals surface area contributed by atoms with Crippen molar-refractivity contribution < 1.29 is 13.9 Å². The van der Waals surface area contributed by atoms with E-state index in [0.717, 1.165) is 12.2 Å². The molecule has 0 spiro atoms. The van der Waals surface area contributed by atoms with Crippen molar-refractivity contribution in [1.82, 2.24) is 10.6 Å². The molecule has 0 aliphatic rings. The molecule has 1 amide bonds. The van der Waals surface area contributed by atoms with E-state index < -0.39 is 0 Å². The van der Waals surface area contributed by atoms with Crippen molar-refractivity contribution in [3.8, 4) is 0 Å². The Morgan fingerprint density at radius 3 is 3.06 bits per heavy atom. The molecule has 2 N–H and O–H groups in total. The van der Waals surface area contributed by atoms with Gasteiger partial charge < -0.3 is 19.8 Å². The third kappa shape index (κ3) is 6.76. The van der Waals surface area contributed by atoms with E-state index in [1.54, 1.807) is 13.4 Å². The molecule has 0 aliphatic carbocycles. The molecule has 5 nitrogen and oxygen atoms in total. The zero-order chi connectivity index (χ0) is 12.3. The van der Waals surface area contributed by atoms with Crippen LogP contribution in [-0.2, 0) is 16.1 Å². The molecule has 0 saturated carbocycles. The average Bonchev–Trinajstić information content (AvgIpc) is 2.83. The number of furan rings is 1. The molecule has 1 rings (SSSR count). The molecule has 0 bridgehead atoms. The van der Waals surface area contributed by atoms with Crippen LogP contribution in [0.25, 0.3) is 0 Å². The Bertz CT molecular complexity index is 299. The van der Waals surface area contributed by atoms with Crippen molar-refractivity contribution in [3.05, 3.63) is 24.2 Å². The summed E-state index contributed by atoms with van der Waals surface area (Å²) in [5, 5.41) is 5.97. The number of rotatable bonds is 9. The Morgan fingerprint density at radius 1 is 1.47 bits per heavy atom. The van der Waals surface area contributed by atoms with Crippen molar-refractivity contribution in [1.29, 1.82) is 0 Å². The Morgan fingerprint density at radius 2 is 2.35 bits per heavy atom. The van der Waals surface area contributed by atoms with Gasteiger partial charge in [0, 0.05) is 33.2 Å². The number of hydrogen-bond acceptors (Lipinski definition) is 4. The molecule has 0 saturated heterocycles. The highest BCUT2D eigenvalue weighted by atomic mass is 16.5. The number of nitrogens with one attached hydrogen (secondary N) is 2. The van der Waals surface area contributed by atoms with Crippen molar-refractivity contribution in [2.45, 2.75) is 19.4 Å². The van der Waals surface area contributed by atoms with Gasteiger partial charge in [-0.15, -0.1) is 0 Å². The second kappa shape index (κ2) is 8.78. The standard InChI is InChI=1S/C12H20N2O3/c1-16-8-3-6-14-12(15)5-7-13-10-11-4-2-9-17-11/h2,4,9,13H,3,5-8,10H2,1H3,(H,14,15). The molecule has 0 aromatic carbocycles. The Balaban J connectivity index is 1.93. The molecule has 5 heteroatoms. The minimum Gasteiger partial charge on any atom is -0.468 e. The Labute approximate surface area is 102 Å². The molecular formula is C12H20N2O3. The monoisotopic (exact) mass is 240 g/mol. The topological polar surface area (TPSA) is 63.5 Å². The largest absolute Gasteiger partial charge is 0.468 e. The third-order valence-electron chi connectivity index (χ3n) is 2.26. The minimum absolute atomic E-state index is 0.0630. The van der Waals surface area contributed by atoms with Crippen LogP contribution < -0.4 is 10.6 Å². The van der Waals surface area contributed by atoms with E-state index in [0.29, 0.717) is 32.7 Å². The predicted octanol–water partition coefficient (Wildman–Crippen LogP) is 0.912. The van der Waals surface area contributed by atoms with Crippen LogP contribution in [0.3, 0.4) is 0 Å². The van der Waals surface area contributed by atoms with Gasteiger partial charge in [0.25, 0.3) is 0 Å². The van der Waals surface area contributed by atoms with Crippen LogP contribution in [0.1, 0.15) is 18.6 Å². The fraction of sp³-hybridized carbons (Fsp3) is 0.583. The van der Waals surface area contributed by atoms with Gasteiger partial charge in [-0.05, 0) is 18.6 Å². The summed E-state index contributed by atoms with van der Waals surface area (Å²) in [6, 6.07) is 3.75. The summed E-state index contributed by atoms with van der Waals surface area (Å²) in [5.74, 6) is 0.943. The van der Waals surface area contributed by atoms with E-state index in [1.807, 2.05) is 12.1 Å². The number of ether oxygens (including phenoxy) is 1. The lowest BCUT2D eigenvalue weighted by molar-refractivity contribution is -0.121. The summed E-state index contributed by atoms with van der Waals surface area (Å²) >= 11 is 0. The normalized spacial score (nSPS) is 10.4. The highest BCUT2D eigenvalue weighted by molar-refractivity contribution is 5.75. The van der Waals surface area contributed by atoms with Gasteiger partial charge in [-0.2, -0.15) is 0 Å². The smallest absolute Gasteiger partial charge is 0.221 e. The minimum atomic E-state index is 0.0630. The molecule has 1 heterocycles. The first-order chi connectivity index (χ1) is 8.33. The maximum Gasteiger partial charge on any atom is 0.221 e. The molecule has 96 valence electrons. The van der Waals surface area contributed by atoms with E-state index >= 15 is 0 Å². The van der Waals surface area contributed by atoms with Gasteiger partial charge in [0.05, 0.1) is 12.8 Å². The highest BCUT2D eigenvalue weighted by Gasteiger charge is 2.00. The first kappa shape index (κ1) is 13.7. The lowest BCUT2D eigenvalue weighted by Crippen LogP contribution is -2.28. The van der Waals surface area contributed by atoms with Crippen molar-refractivity contribution in [3.63, 3.8) is 0 Å². The van der Waals surface area contributed by atoms with Gasteiger partial charge in [0.15, 0.2) is 0 Å². The molecule has 1 aromatic heterocycles. The summed E-state index contributed by atoms with van der Waals surface area (Å²) in [6.45, 7) is 2.66. The maximum absolute atomic E-state index is 11.4. The van der Waals surface area contributed by atoms with Crippen molar-refractivity contribution in [2.75, 3.05) is 26.8 Å². The second-order valence-electron chi connectivity index (χ2n) is 3.70. The van der Waals surface area contributed by atoms with Crippen molar-refractivity contribution in [2.24, 2.45) is 0 Å². The summed E-state index contributed by atoms with van der Waals surface area (Å²) < 4.78 is 10.0. The number of amides is 1. The van der Waals surface area contributed by atoms with E-state index in [-0.39, 0.29) is 5.91 Å². The van der Waals surface area contributed by atoms with Crippen LogP contribution >= 0.6 is 0 Å². The first-order valence-corrected chi connectivity index (χ1v) is 5.81. The molecule has 0 atom stereocenters. The predicted molar refractivity (Wildman–Crippen MR) is 64.5 cm³/mol. The Kier molecular flexibility index (Phi) is 7.09. The lowest BCUT2D eigenvalue weighted by atomic mass is 10.3. The fourth-order valence-electron chi connectivity index (χ4n) is 1.36. The zero-order valence-electron chi connectivity index (χ0n) is 10.2. The summed E-state index contributed by atoms with van der Waals surface area (Å²) in [6.07, 6.45) is 2.97. The molecular weight excluding hydrogens is 220 g/mol. The molecule has 0 unspecified atom stereocenters. The van der Waals surface area contributed by atoms with E-state index in [4.69, 9.17) is 9.15 Å². The summed E-state index contributed by atoms with van der Waals surface area (Å²) in [7, 11) is 1.65. The average molecular weight is 240 g/mol. The molecule has 0 aliphatic heterocycles. The summed E-state index contributed by atoms with van der Waals surface area (Å²) in [5.41, 5.74) is 0. The Hall–Kier alpha value is -1.33. The van der Waals surface area contributed by atoms with Crippen LogP contribution in [0.4, 0.5) is 0 Å². The molecule has 1 aromatic rings. The van der Waals surface area contributed by atoms with Gasteiger partial charge >= 0.3 is 0 Å². The SMILES string of the molecule is COCCCNC(=O)CCNCc1ccco1. The van der Waals surface area contributed by atoms with E-state index in [1.165, 1.54) is 0 Å². The number of carbonyl (C=O) groups excluding carboxylic acids is 1. The third-order valence-corrected chi connectivity index (χ3v) is 2.26. The van der Waals surface area contributed by atoms with Crippen LogP contribution in [-0.4, -0.2) is 32.7 Å². The first-order valence-electron chi connectivity index (χ1n) is 5.81. The maximum atomic E-state index is 11.4. The van der Waals surface area contributed by atoms with Crippen LogP contribution in [0, 0.1) is 0 Å². The van der Waals surface area contributed by atoms with E-state index in [9.17, 15) is 4.79 Å². The van der Waals surface area contributed by atoms with Crippen molar-refractivity contribution >= 4 is 5.91 Å². The summed E-state index contributed by atoms with van der Waals surface area (Å²) in [4.78, 5) is 11.4. The molecule has 0 fully saturated rings. The van der Waals surface area contributed by atoms with E-state index in [2.05, 4.69) is 10.6 Å². The van der Waals surface area contributed by atoms with Gasteiger partial charge in [-0.25, -0.2) is 0 Å². The number of carbonyl (C=O) groups is 1. The second-order valence-corrected chi connectivity index (χ2v) is 3.70. The van der Waals surface area contributed by atoms with Gasteiger partial charge in [-0.1, -0.05) is 0 Å². The van der Waals surface area contributed by atoms with Crippen LogP contribution in [0.15, 0.2) is 22.8 Å². The van der Waals surface area contributed by atoms with Crippen LogP contribution in [0.5, 0.6) is 0 Å². The fourth-order valence-corrected chi connectivity index (χ4v) is 1.36. The zero-order valence-corrected chi connectivity index (χ0v) is 10.2. The van der Waals surface area contributed by atoms with Gasteiger partial charge in [0.1, 0.15) is 5.76 Å². The number of hydrogen-bond donors (Lipinski definition) is 2. The highest BCUT2D eigenvalue weighted by Crippen LogP contribution is 1.98. The number of methoxy groups -OCH3 is 1. The van der Waals surface area contributed by atoms with Crippen LogP contribution in [0.2, 0.25) is 0 Å². The lowest BCUT2D eigenvalue weighted by Gasteiger charge is -2.05.